The molecule has 5 heteroatoms. The average molecular weight is 325 g/mol. The minimum absolute atomic E-state index is 0.281. The van der Waals surface area contributed by atoms with Gasteiger partial charge in [-0.15, -0.1) is 0 Å². The fourth-order valence-corrected chi connectivity index (χ4v) is 2.72. The van der Waals surface area contributed by atoms with E-state index < -0.39 is 0 Å². The first-order valence-corrected chi connectivity index (χ1v) is 7.12. The molecular weight excluding hydrogens is 311 g/mol. The second kappa shape index (κ2) is 5.43. The Morgan fingerprint density at radius 3 is 2.89 bits per heavy atom. The van der Waals surface area contributed by atoms with Crippen LogP contribution in [0.5, 0.6) is 0 Å². The highest BCUT2D eigenvalue weighted by atomic mass is 79.9. The molecule has 2 aromatic rings. The van der Waals surface area contributed by atoms with Gasteiger partial charge in [-0.1, -0.05) is 0 Å². The Bertz CT molecular complexity index is 597. The molecule has 1 aliphatic heterocycles. The fourth-order valence-electron chi connectivity index (χ4n) is 2.27. The summed E-state index contributed by atoms with van der Waals surface area (Å²) in [7, 11) is 0. The van der Waals surface area contributed by atoms with Gasteiger partial charge in [-0.25, -0.2) is 9.37 Å². The second-order valence-corrected chi connectivity index (χ2v) is 5.35. The first kappa shape index (κ1) is 12.8. The standard InChI is InChI=1S/C14H14BrFN2O/c15-13-11(16)4-2-10-3-5-12(17-14(10)13)18-6-1-8-19-9-7-18/h2-5H,1,6-9H2. The number of anilines is 1. The molecule has 19 heavy (non-hydrogen) atoms. The Morgan fingerprint density at radius 1 is 1.16 bits per heavy atom. The van der Waals surface area contributed by atoms with Crippen LogP contribution in [0.1, 0.15) is 6.42 Å². The zero-order valence-electron chi connectivity index (χ0n) is 10.4. The summed E-state index contributed by atoms with van der Waals surface area (Å²) in [5.74, 6) is 0.598. The van der Waals surface area contributed by atoms with E-state index in [1.54, 1.807) is 6.07 Å². The van der Waals surface area contributed by atoms with Crippen LogP contribution < -0.4 is 4.90 Å². The topological polar surface area (TPSA) is 25.4 Å². The number of halogens is 2. The van der Waals surface area contributed by atoms with Gasteiger partial charge in [-0.2, -0.15) is 0 Å². The maximum atomic E-state index is 13.6. The van der Waals surface area contributed by atoms with Crippen molar-refractivity contribution in [2.75, 3.05) is 31.2 Å². The van der Waals surface area contributed by atoms with Crippen LogP contribution in [0.15, 0.2) is 28.7 Å². The highest BCUT2D eigenvalue weighted by molar-refractivity contribution is 9.10. The first-order valence-electron chi connectivity index (χ1n) is 6.33. The molecule has 1 aromatic carbocycles. The molecule has 100 valence electrons. The lowest BCUT2D eigenvalue weighted by atomic mass is 10.2. The van der Waals surface area contributed by atoms with E-state index in [4.69, 9.17) is 4.74 Å². The molecule has 0 atom stereocenters. The number of benzene rings is 1. The Hall–Kier alpha value is -1.20. The van der Waals surface area contributed by atoms with E-state index in [2.05, 4.69) is 25.8 Å². The summed E-state index contributed by atoms with van der Waals surface area (Å²) >= 11 is 3.27. The molecule has 0 aliphatic carbocycles. The van der Waals surface area contributed by atoms with Crippen LogP contribution in [0.25, 0.3) is 10.9 Å². The normalized spacial score (nSPS) is 16.6. The van der Waals surface area contributed by atoms with E-state index in [0.29, 0.717) is 16.6 Å². The lowest BCUT2D eigenvalue weighted by Crippen LogP contribution is -2.26. The molecule has 2 heterocycles. The quantitative estimate of drug-likeness (QED) is 0.804. The van der Waals surface area contributed by atoms with Crippen molar-refractivity contribution in [1.29, 1.82) is 0 Å². The van der Waals surface area contributed by atoms with Crippen molar-refractivity contribution in [2.24, 2.45) is 0 Å². The minimum Gasteiger partial charge on any atom is -0.380 e. The van der Waals surface area contributed by atoms with Crippen molar-refractivity contribution in [3.63, 3.8) is 0 Å². The third-order valence-electron chi connectivity index (χ3n) is 3.28. The summed E-state index contributed by atoms with van der Waals surface area (Å²) in [5.41, 5.74) is 0.669. The highest BCUT2D eigenvalue weighted by Gasteiger charge is 2.13. The Morgan fingerprint density at radius 2 is 2.00 bits per heavy atom. The molecule has 0 radical (unpaired) electrons. The molecule has 0 saturated carbocycles. The van der Waals surface area contributed by atoms with Gasteiger partial charge in [0.15, 0.2) is 0 Å². The number of nitrogens with zero attached hydrogens (tertiary/aromatic N) is 2. The van der Waals surface area contributed by atoms with E-state index >= 15 is 0 Å². The van der Waals surface area contributed by atoms with Gasteiger partial charge in [0.2, 0.25) is 0 Å². The van der Waals surface area contributed by atoms with Crippen molar-refractivity contribution in [1.82, 2.24) is 4.98 Å². The number of aromatic nitrogens is 1. The largest absolute Gasteiger partial charge is 0.380 e. The lowest BCUT2D eigenvalue weighted by molar-refractivity contribution is 0.152. The third-order valence-corrected chi connectivity index (χ3v) is 4.04. The Kier molecular flexibility index (Phi) is 3.66. The lowest BCUT2D eigenvalue weighted by Gasteiger charge is -2.21. The number of hydrogen-bond donors (Lipinski definition) is 0. The number of rotatable bonds is 1. The molecular formula is C14H14BrFN2O. The van der Waals surface area contributed by atoms with Gasteiger partial charge >= 0.3 is 0 Å². The summed E-state index contributed by atoms with van der Waals surface area (Å²) in [4.78, 5) is 6.77. The number of pyridine rings is 1. The fraction of sp³-hybridized carbons (Fsp3) is 0.357. The molecule has 3 nitrogen and oxygen atoms in total. The third kappa shape index (κ3) is 2.58. The SMILES string of the molecule is Fc1ccc2ccc(N3CCCOCC3)nc2c1Br. The zero-order valence-corrected chi connectivity index (χ0v) is 12.0. The van der Waals surface area contributed by atoms with Crippen LogP contribution in [-0.2, 0) is 4.74 Å². The summed E-state index contributed by atoms with van der Waals surface area (Å²) in [6.07, 6.45) is 0.990. The molecule has 1 aliphatic rings. The summed E-state index contributed by atoms with van der Waals surface area (Å²) in [5, 5.41) is 0.933. The number of fused-ring (bicyclic) bond motifs is 1. The van der Waals surface area contributed by atoms with Crippen molar-refractivity contribution in [3.05, 3.63) is 34.6 Å². The number of ether oxygens (including phenoxy) is 1. The van der Waals surface area contributed by atoms with Gasteiger partial charge in [0, 0.05) is 25.1 Å². The number of hydrogen-bond acceptors (Lipinski definition) is 3. The van der Waals surface area contributed by atoms with E-state index in [1.807, 2.05) is 12.1 Å². The van der Waals surface area contributed by atoms with Crippen molar-refractivity contribution < 1.29 is 9.13 Å². The summed E-state index contributed by atoms with van der Waals surface area (Å²) in [6.45, 7) is 3.25. The maximum absolute atomic E-state index is 13.6. The van der Waals surface area contributed by atoms with Crippen LogP contribution in [0, 0.1) is 5.82 Å². The second-order valence-electron chi connectivity index (χ2n) is 4.56. The minimum atomic E-state index is -0.281. The smallest absolute Gasteiger partial charge is 0.139 e. The Labute approximate surface area is 119 Å². The molecule has 1 fully saturated rings. The molecule has 0 unspecified atom stereocenters. The van der Waals surface area contributed by atoms with Crippen molar-refractivity contribution in [2.45, 2.75) is 6.42 Å². The molecule has 0 spiro atoms. The van der Waals surface area contributed by atoms with E-state index in [1.165, 1.54) is 6.07 Å². The molecule has 3 rings (SSSR count). The van der Waals surface area contributed by atoms with Gasteiger partial charge in [-0.05, 0) is 46.6 Å². The molecule has 0 bridgehead atoms. The summed E-state index contributed by atoms with van der Waals surface area (Å²) in [6, 6.07) is 7.16. The zero-order chi connectivity index (χ0) is 13.2. The first-order chi connectivity index (χ1) is 9.25. The van der Waals surface area contributed by atoms with E-state index in [-0.39, 0.29) is 5.82 Å². The van der Waals surface area contributed by atoms with Crippen LogP contribution in [0.2, 0.25) is 0 Å². The van der Waals surface area contributed by atoms with E-state index in [9.17, 15) is 4.39 Å². The monoisotopic (exact) mass is 324 g/mol. The van der Waals surface area contributed by atoms with Crippen molar-refractivity contribution in [3.8, 4) is 0 Å². The predicted molar refractivity (Wildman–Crippen MR) is 77.1 cm³/mol. The van der Waals surface area contributed by atoms with Crippen LogP contribution in [0.3, 0.4) is 0 Å². The van der Waals surface area contributed by atoms with Gasteiger partial charge in [-0.3, -0.25) is 0 Å². The van der Waals surface area contributed by atoms with Gasteiger partial charge in [0.1, 0.15) is 11.6 Å². The average Bonchev–Trinajstić information content (AvgIpc) is 2.72. The molecule has 1 saturated heterocycles. The van der Waals surface area contributed by atoms with E-state index in [0.717, 1.165) is 37.3 Å². The molecule has 0 amide bonds. The van der Waals surface area contributed by atoms with Gasteiger partial charge < -0.3 is 9.64 Å². The Balaban J connectivity index is 2.02. The summed E-state index contributed by atoms with van der Waals surface area (Å²) < 4.78 is 19.4. The maximum Gasteiger partial charge on any atom is 0.139 e. The van der Waals surface area contributed by atoms with Gasteiger partial charge in [0.05, 0.1) is 16.6 Å². The van der Waals surface area contributed by atoms with Gasteiger partial charge in [0.25, 0.3) is 0 Å². The predicted octanol–water partition coefficient (Wildman–Crippen LogP) is 3.36. The molecule has 0 N–H and O–H groups in total. The molecule has 1 aromatic heterocycles. The van der Waals surface area contributed by atoms with Crippen LogP contribution in [0.4, 0.5) is 10.2 Å². The highest BCUT2D eigenvalue weighted by Crippen LogP contribution is 2.27. The van der Waals surface area contributed by atoms with Crippen LogP contribution in [-0.4, -0.2) is 31.3 Å². The van der Waals surface area contributed by atoms with Crippen LogP contribution >= 0.6 is 15.9 Å². The van der Waals surface area contributed by atoms with Crippen molar-refractivity contribution >= 4 is 32.7 Å².